The predicted octanol–water partition coefficient (Wildman–Crippen LogP) is 6.67. The van der Waals surface area contributed by atoms with E-state index in [4.69, 9.17) is 16.3 Å². The van der Waals surface area contributed by atoms with E-state index < -0.39 is 19.8 Å². The van der Waals surface area contributed by atoms with Crippen molar-refractivity contribution in [2.45, 2.75) is 84.5 Å². The molecule has 0 bridgehead atoms. The molecule has 2 aromatic rings. The third-order valence-electron chi connectivity index (χ3n) is 5.46. The van der Waals surface area contributed by atoms with Crippen LogP contribution in [0.5, 0.6) is 0 Å². The number of nitrogens with zero attached hydrogens (tertiary/aromatic N) is 2. The summed E-state index contributed by atoms with van der Waals surface area (Å²) in [6.07, 6.45) is 3.68. The average Bonchev–Trinajstić information content (AvgIpc) is 2.90. The summed E-state index contributed by atoms with van der Waals surface area (Å²) in [6, 6.07) is 1.99. The number of aromatic nitrogens is 2. The smallest absolute Gasteiger partial charge is 0.341 e. The standard InChI is InChI=1S/C21H33ClN2O2Si/c1-13(2)27(14(3)4,15(5)6)24-11-10-16-18(22)17(12-23-19(16)24)20(25)26-21(7,8)9/h10-15H,1-9H3. The van der Waals surface area contributed by atoms with Crippen LogP contribution >= 0.6 is 11.6 Å². The maximum Gasteiger partial charge on any atom is 0.341 e. The van der Waals surface area contributed by atoms with Crippen molar-refractivity contribution in [1.29, 1.82) is 0 Å². The van der Waals surface area contributed by atoms with Gasteiger partial charge in [-0.3, -0.25) is 0 Å². The Morgan fingerprint density at radius 3 is 2.07 bits per heavy atom. The van der Waals surface area contributed by atoms with Crippen molar-refractivity contribution in [3.63, 3.8) is 0 Å². The summed E-state index contributed by atoms with van der Waals surface area (Å²) in [4.78, 5) is 17.2. The highest BCUT2D eigenvalue weighted by Crippen LogP contribution is 2.44. The maximum atomic E-state index is 12.5. The highest BCUT2D eigenvalue weighted by Gasteiger charge is 2.46. The molecule has 0 unspecified atom stereocenters. The number of halogens is 1. The van der Waals surface area contributed by atoms with Crippen molar-refractivity contribution in [3.8, 4) is 0 Å². The van der Waals surface area contributed by atoms with E-state index >= 15 is 0 Å². The van der Waals surface area contributed by atoms with E-state index in [-0.39, 0.29) is 0 Å². The van der Waals surface area contributed by atoms with Gasteiger partial charge >= 0.3 is 5.97 Å². The summed E-state index contributed by atoms with van der Waals surface area (Å²) in [5, 5.41) is 1.24. The number of carbonyl (C=O) groups excluding carboxylic acids is 1. The molecule has 0 aliphatic rings. The maximum absolute atomic E-state index is 12.5. The fourth-order valence-electron chi connectivity index (χ4n) is 4.68. The summed E-state index contributed by atoms with van der Waals surface area (Å²) in [6.45, 7) is 19.4. The molecule has 0 saturated heterocycles. The Morgan fingerprint density at radius 2 is 1.63 bits per heavy atom. The second-order valence-corrected chi connectivity index (χ2v) is 15.4. The lowest BCUT2D eigenvalue weighted by atomic mass is 10.2. The van der Waals surface area contributed by atoms with Gasteiger partial charge in [-0.05, 0) is 49.7 Å². The molecule has 150 valence electrons. The number of ether oxygens (including phenoxy) is 1. The van der Waals surface area contributed by atoms with Crippen LogP contribution in [0.2, 0.25) is 21.6 Å². The first kappa shape index (κ1) is 22.0. The third kappa shape index (κ3) is 3.81. The zero-order valence-electron chi connectivity index (χ0n) is 18.1. The number of rotatable bonds is 5. The molecule has 2 heterocycles. The Kier molecular flexibility index (Phi) is 6.17. The quantitative estimate of drug-likeness (QED) is 0.410. The number of hydrogen-bond acceptors (Lipinski definition) is 3. The predicted molar refractivity (Wildman–Crippen MR) is 116 cm³/mol. The minimum absolute atomic E-state index is 0.322. The van der Waals surface area contributed by atoms with Gasteiger partial charge in [-0.2, -0.15) is 0 Å². The lowest BCUT2D eigenvalue weighted by molar-refractivity contribution is 0.00695. The molecule has 0 radical (unpaired) electrons. The van der Waals surface area contributed by atoms with Crippen molar-refractivity contribution in [2.75, 3.05) is 0 Å². The van der Waals surface area contributed by atoms with Crippen molar-refractivity contribution in [1.82, 2.24) is 9.22 Å². The summed E-state index contributed by atoms with van der Waals surface area (Å²) < 4.78 is 7.88. The zero-order chi connectivity index (χ0) is 20.7. The lowest BCUT2D eigenvalue weighted by Crippen LogP contribution is -2.51. The second kappa shape index (κ2) is 7.59. The largest absolute Gasteiger partial charge is 0.456 e. The van der Waals surface area contributed by atoms with E-state index in [0.717, 1.165) is 11.0 Å². The molecule has 0 atom stereocenters. The molecular weight excluding hydrogens is 376 g/mol. The number of fused-ring (bicyclic) bond motifs is 1. The fraction of sp³-hybridized carbons (Fsp3) is 0.619. The van der Waals surface area contributed by atoms with Crippen LogP contribution in [0.3, 0.4) is 0 Å². The van der Waals surface area contributed by atoms with Crippen LogP contribution in [0, 0.1) is 0 Å². The van der Waals surface area contributed by atoms with Gasteiger partial charge in [-0.15, -0.1) is 0 Å². The monoisotopic (exact) mass is 408 g/mol. The highest BCUT2D eigenvalue weighted by molar-refractivity contribution is 6.82. The van der Waals surface area contributed by atoms with Crippen molar-refractivity contribution in [3.05, 3.63) is 29.0 Å². The van der Waals surface area contributed by atoms with Gasteiger partial charge in [0.05, 0.1) is 10.6 Å². The molecule has 0 fully saturated rings. The molecule has 0 aromatic carbocycles. The Balaban J connectivity index is 2.67. The van der Waals surface area contributed by atoms with Gasteiger partial charge in [0, 0.05) is 11.6 Å². The normalized spacial score (nSPS) is 13.2. The Hall–Kier alpha value is -1.33. The van der Waals surface area contributed by atoms with Gasteiger partial charge in [0.15, 0.2) is 8.24 Å². The minimum atomic E-state index is -1.94. The molecular formula is C21H33ClN2O2Si. The first-order valence-electron chi connectivity index (χ1n) is 9.73. The first-order chi connectivity index (χ1) is 12.3. The van der Waals surface area contributed by atoms with Crippen LogP contribution in [0.15, 0.2) is 18.5 Å². The first-order valence-corrected chi connectivity index (χ1v) is 12.3. The number of pyridine rings is 1. The lowest BCUT2D eigenvalue weighted by Gasteiger charge is -2.44. The van der Waals surface area contributed by atoms with Crippen molar-refractivity contribution >= 4 is 36.8 Å². The molecule has 0 amide bonds. The van der Waals surface area contributed by atoms with Crippen LogP contribution in [0.25, 0.3) is 11.0 Å². The topological polar surface area (TPSA) is 44.1 Å². The fourth-order valence-corrected chi connectivity index (χ4v) is 11.5. The second-order valence-electron chi connectivity index (χ2n) is 9.26. The van der Waals surface area contributed by atoms with Gasteiger partial charge in [0.1, 0.15) is 11.2 Å². The molecule has 0 spiro atoms. The Labute approximate surface area is 169 Å². The van der Waals surface area contributed by atoms with E-state index in [9.17, 15) is 4.79 Å². The molecule has 0 N–H and O–H groups in total. The van der Waals surface area contributed by atoms with Crippen LogP contribution in [-0.2, 0) is 4.74 Å². The van der Waals surface area contributed by atoms with E-state index in [0.29, 0.717) is 27.2 Å². The molecule has 0 aliphatic heterocycles. The highest BCUT2D eigenvalue weighted by atomic mass is 35.5. The summed E-state index contributed by atoms with van der Waals surface area (Å²) in [5.41, 5.74) is 2.24. The molecule has 4 nitrogen and oxygen atoms in total. The van der Waals surface area contributed by atoms with Crippen LogP contribution in [0.4, 0.5) is 0 Å². The van der Waals surface area contributed by atoms with Crippen molar-refractivity contribution < 1.29 is 9.53 Å². The summed E-state index contributed by atoms with van der Waals surface area (Å²) in [7, 11) is -1.94. The molecule has 6 heteroatoms. The van der Waals surface area contributed by atoms with Crippen molar-refractivity contribution in [2.24, 2.45) is 0 Å². The van der Waals surface area contributed by atoms with Gasteiger partial charge in [0.2, 0.25) is 0 Å². The van der Waals surface area contributed by atoms with Crippen LogP contribution in [-0.4, -0.2) is 29.0 Å². The minimum Gasteiger partial charge on any atom is -0.456 e. The number of carbonyl (C=O) groups is 1. The molecule has 0 aliphatic carbocycles. The molecule has 2 aromatic heterocycles. The number of esters is 1. The van der Waals surface area contributed by atoms with Gasteiger partial charge in [-0.1, -0.05) is 53.1 Å². The van der Waals surface area contributed by atoms with Crippen LogP contribution in [0.1, 0.15) is 72.7 Å². The van der Waals surface area contributed by atoms with E-state index in [1.165, 1.54) is 0 Å². The SMILES string of the molecule is CC(C)[Si](C(C)C)(C(C)C)n1ccc2c(Cl)c(C(=O)OC(C)(C)C)cnc21. The van der Waals surface area contributed by atoms with Gasteiger partial charge in [0.25, 0.3) is 0 Å². The molecule has 27 heavy (non-hydrogen) atoms. The van der Waals surface area contributed by atoms with E-state index in [2.05, 4.69) is 57.0 Å². The molecule has 0 saturated carbocycles. The Morgan fingerprint density at radius 1 is 1.11 bits per heavy atom. The average molecular weight is 409 g/mol. The van der Waals surface area contributed by atoms with Gasteiger partial charge < -0.3 is 8.97 Å². The summed E-state index contributed by atoms with van der Waals surface area (Å²) in [5.74, 6) is -0.435. The van der Waals surface area contributed by atoms with Gasteiger partial charge in [-0.25, -0.2) is 9.78 Å². The third-order valence-corrected chi connectivity index (χ3v) is 12.6. The zero-order valence-corrected chi connectivity index (χ0v) is 19.8. The van der Waals surface area contributed by atoms with E-state index in [1.807, 2.05) is 26.8 Å². The summed E-state index contributed by atoms with van der Waals surface area (Å²) >= 11 is 6.63. The van der Waals surface area contributed by atoms with E-state index in [1.54, 1.807) is 6.20 Å². The number of hydrogen-bond donors (Lipinski definition) is 0. The Bertz CT molecular complexity index is 813. The molecule has 2 rings (SSSR count). The van der Waals surface area contributed by atoms with Crippen LogP contribution < -0.4 is 0 Å².